The predicted molar refractivity (Wildman–Crippen MR) is 85.3 cm³/mol. The Bertz CT molecular complexity index is 667. The van der Waals surface area contributed by atoms with E-state index in [0.717, 1.165) is 10.0 Å². The van der Waals surface area contributed by atoms with Crippen molar-refractivity contribution in [3.8, 4) is 0 Å². The third-order valence-electron chi connectivity index (χ3n) is 3.31. The normalized spacial score (nSPS) is 12.2. The van der Waals surface area contributed by atoms with Gasteiger partial charge in [-0.15, -0.1) is 0 Å². The molecular formula is C15H18BrN3O2. The fourth-order valence-electron chi connectivity index (χ4n) is 2.32. The van der Waals surface area contributed by atoms with Crippen LogP contribution in [0.4, 0.5) is 5.82 Å². The second-order valence-electron chi connectivity index (χ2n) is 4.71. The van der Waals surface area contributed by atoms with Crippen LogP contribution in [0.2, 0.25) is 0 Å². The topological polar surface area (TPSA) is 70.1 Å². The number of imidazole rings is 1. The molecule has 0 saturated carbocycles. The van der Waals surface area contributed by atoms with Crippen molar-refractivity contribution < 1.29 is 9.53 Å². The molecule has 6 heteroatoms. The molecule has 2 rings (SSSR count). The molecule has 0 bridgehead atoms. The molecule has 0 radical (unpaired) electrons. The van der Waals surface area contributed by atoms with Crippen LogP contribution in [0.15, 0.2) is 28.7 Å². The Morgan fingerprint density at radius 3 is 2.86 bits per heavy atom. The van der Waals surface area contributed by atoms with Crippen LogP contribution in [-0.2, 0) is 4.74 Å². The highest BCUT2D eigenvalue weighted by atomic mass is 79.9. The second kappa shape index (κ2) is 6.30. The zero-order valence-corrected chi connectivity index (χ0v) is 13.8. The van der Waals surface area contributed by atoms with Gasteiger partial charge in [-0.25, -0.2) is 9.78 Å². The van der Waals surface area contributed by atoms with E-state index in [1.54, 1.807) is 6.92 Å². The lowest BCUT2D eigenvalue weighted by Gasteiger charge is -2.17. The SMILES string of the molecule is CCOC(=O)c1nc(C)n(C(C)c2cccc(Br)c2)c1N. The molecule has 5 nitrogen and oxygen atoms in total. The summed E-state index contributed by atoms with van der Waals surface area (Å²) in [7, 11) is 0. The van der Waals surface area contributed by atoms with Crippen molar-refractivity contribution in [1.29, 1.82) is 0 Å². The standard InChI is InChI=1S/C15H18BrN3O2/c1-4-21-15(20)13-14(17)19(10(3)18-13)9(2)11-6-5-7-12(16)8-11/h5-9H,4,17H2,1-3H3. The van der Waals surface area contributed by atoms with Gasteiger partial charge >= 0.3 is 5.97 Å². The summed E-state index contributed by atoms with van der Waals surface area (Å²) in [5.74, 6) is 0.528. The Morgan fingerprint density at radius 1 is 1.52 bits per heavy atom. The van der Waals surface area contributed by atoms with E-state index in [1.165, 1.54) is 0 Å². The monoisotopic (exact) mass is 351 g/mol. The van der Waals surface area contributed by atoms with Crippen LogP contribution in [0.5, 0.6) is 0 Å². The number of nitrogen functional groups attached to an aromatic ring is 1. The van der Waals surface area contributed by atoms with E-state index in [4.69, 9.17) is 10.5 Å². The maximum absolute atomic E-state index is 11.9. The number of benzene rings is 1. The lowest BCUT2D eigenvalue weighted by molar-refractivity contribution is 0.0521. The molecule has 0 aliphatic carbocycles. The van der Waals surface area contributed by atoms with Crippen molar-refractivity contribution in [1.82, 2.24) is 9.55 Å². The minimum absolute atomic E-state index is 0.0295. The fraction of sp³-hybridized carbons (Fsp3) is 0.333. The van der Waals surface area contributed by atoms with Crippen molar-refractivity contribution in [3.63, 3.8) is 0 Å². The Kier molecular flexibility index (Phi) is 4.67. The fourth-order valence-corrected chi connectivity index (χ4v) is 2.73. The molecule has 0 aliphatic rings. The molecule has 21 heavy (non-hydrogen) atoms. The zero-order valence-electron chi connectivity index (χ0n) is 12.3. The van der Waals surface area contributed by atoms with E-state index >= 15 is 0 Å². The summed E-state index contributed by atoms with van der Waals surface area (Å²) in [6.45, 7) is 5.89. The number of carbonyl (C=O) groups excluding carboxylic acids is 1. The van der Waals surface area contributed by atoms with Gasteiger partial charge in [0.15, 0.2) is 5.69 Å². The van der Waals surface area contributed by atoms with Crippen molar-refractivity contribution in [3.05, 3.63) is 45.8 Å². The number of hydrogen-bond donors (Lipinski definition) is 1. The van der Waals surface area contributed by atoms with Crippen LogP contribution < -0.4 is 5.73 Å². The summed E-state index contributed by atoms with van der Waals surface area (Å²) in [6.07, 6.45) is 0. The van der Waals surface area contributed by atoms with Crippen LogP contribution in [0, 0.1) is 6.92 Å². The van der Waals surface area contributed by atoms with E-state index in [9.17, 15) is 4.79 Å². The molecule has 1 heterocycles. The molecule has 2 N–H and O–H groups in total. The summed E-state index contributed by atoms with van der Waals surface area (Å²) in [6, 6.07) is 7.93. The van der Waals surface area contributed by atoms with Gasteiger partial charge in [-0.05, 0) is 38.5 Å². The molecule has 0 spiro atoms. The van der Waals surface area contributed by atoms with Gasteiger partial charge in [0, 0.05) is 4.47 Å². The smallest absolute Gasteiger partial charge is 0.360 e. The number of aryl methyl sites for hydroxylation is 1. The second-order valence-corrected chi connectivity index (χ2v) is 5.63. The quantitative estimate of drug-likeness (QED) is 0.857. The first-order valence-electron chi connectivity index (χ1n) is 6.72. The third-order valence-corrected chi connectivity index (χ3v) is 3.80. The van der Waals surface area contributed by atoms with Gasteiger partial charge in [0.25, 0.3) is 0 Å². The number of esters is 1. The van der Waals surface area contributed by atoms with Crippen molar-refractivity contribution in [2.24, 2.45) is 0 Å². The van der Waals surface area contributed by atoms with Crippen molar-refractivity contribution in [2.75, 3.05) is 12.3 Å². The molecule has 0 fully saturated rings. The van der Waals surface area contributed by atoms with Gasteiger partial charge in [-0.1, -0.05) is 28.1 Å². The van der Waals surface area contributed by atoms with E-state index < -0.39 is 5.97 Å². The molecule has 0 amide bonds. The van der Waals surface area contributed by atoms with Gasteiger partial charge in [0.1, 0.15) is 11.6 Å². The summed E-state index contributed by atoms with van der Waals surface area (Å²) in [5.41, 5.74) is 7.35. The van der Waals surface area contributed by atoms with Crippen LogP contribution in [-0.4, -0.2) is 22.1 Å². The molecule has 1 aromatic carbocycles. The highest BCUT2D eigenvalue weighted by Gasteiger charge is 2.23. The average molecular weight is 352 g/mol. The Hall–Kier alpha value is -1.82. The Labute approximate surface area is 132 Å². The first-order chi connectivity index (χ1) is 9.95. The van der Waals surface area contributed by atoms with Crippen LogP contribution in [0.3, 0.4) is 0 Å². The predicted octanol–water partition coefficient (Wildman–Crippen LogP) is 3.32. The molecule has 0 aliphatic heterocycles. The number of rotatable bonds is 4. The number of halogens is 1. The van der Waals surface area contributed by atoms with Gasteiger partial charge < -0.3 is 15.0 Å². The van der Waals surface area contributed by atoms with Crippen LogP contribution in [0.25, 0.3) is 0 Å². The van der Waals surface area contributed by atoms with Crippen LogP contribution >= 0.6 is 15.9 Å². The third kappa shape index (κ3) is 3.10. The number of nitrogens with two attached hydrogens (primary N) is 1. The number of carbonyl (C=O) groups is 1. The first kappa shape index (κ1) is 15.6. The van der Waals surface area contributed by atoms with Crippen LogP contribution in [0.1, 0.15) is 41.8 Å². The Morgan fingerprint density at radius 2 is 2.24 bits per heavy atom. The van der Waals surface area contributed by atoms with E-state index in [2.05, 4.69) is 20.9 Å². The molecule has 0 saturated heterocycles. The highest BCUT2D eigenvalue weighted by molar-refractivity contribution is 9.10. The molecule has 112 valence electrons. The van der Waals surface area contributed by atoms with E-state index in [0.29, 0.717) is 18.2 Å². The maximum Gasteiger partial charge on any atom is 0.360 e. The van der Waals surface area contributed by atoms with Gasteiger partial charge in [0.05, 0.1) is 12.6 Å². The zero-order chi connectivity index (χ0) is 15.6. The molecule has 2 aromatic rings. The van der Waals surface area contributed by atoms with Crippen molar-refractivity contribution in [2.45, 2.75) is 26.8 Å². The average Bonchev–Trinajstić information content (AvgIpc) is 2.73. The summed E-state index contributed by atoms with van der Waals surface area (Å²) < 4.78 is 7.81. The summed E-state index contributed by atoms with van der Waals surface area (Å²) in [5, 5.41) is 0. The minimum Gasteiger partial charge on any atom is -0.461 e. The van der Waals surface area contributed by atoms with Gasteiger partial charge in [-0.3, -0.25) is 0 Å². The number of nitrogens with zero attached hydrogens (tertiary/aromatic N) is 2. The lowest BCUT2D eigenvalue weighted by atomic mass is 10.1. The molecule has 1 unspecified atom stereocenters. The maximum atomic E-state index is 11.9. The number of aromatic nitrogens is 2. The van der Waals surface area contributed by atoms with E-state index in [-0.39, 0.29) is 11.7 Å². The first-order valence-corrected chi connectivity index (χ1v) is 7.51. The summed E-state index contributed by atoms with van der Waals surface area (Å²) in [4.78, 5) is 16.1. The summed E-state index contributed by atoms with van der Waals surface area (Å²) >= 11 is 3.46. The molecular weight excluding hydrogens is 334 g/mol. The largest absolute Gasteiger partial charge is 0.461 e. The lowest BCUT2D eigenvalue weighted by Crippen LogP contribution is -2.13. The molecule has 1 atom stereocenters. The molecule has 1 aromatic heterocycles. The van der Waals surface area contributed by atoms with Gasteiger partial charge in [0.2, 0.25) is 0 Å². The highest BCUT2D eigenvalue weighted by Crippen LogP contribution is 2.27. The Balaban J connectivity index is 2.42. The van der Waals surface area contributed by atoms with Gasteiger partial charge in [-0.2, -0.15) is 0 Å². The number of ether oxygens (including phenoxy) is 1. The van der Waals surface area contributed by atoms with Crippen molar-refractivity contribution >= 4 is 27.7 Å². The number of anilines is 1. The number of hydrogen-bond acceptors (Lipinski definition) is 4. The van der Waals surface area contributed by atoms with E-state index in [1.807, 2.05) is 42.7 Å². The minimum atomic E-state index is -0.488.